The molecule has 6 heteroatoms. The highest BCUT2D eigenvalue weighted by Crippen LogP contribution is 1.97. The van der Waals surface area contributed by atoms with Crippen LogP contribution in [-0.2, 0) is 9.59 Å². The minimum Gasteiger partial charge on any atom is -0.480 e. The highest BCUT2D eigenvalue weighted by molar-refractivity contribution is 5.72. The fourth-order valence-electron chi connectivity index (χ4n) is 1.12. The lowest BCUT2D eigenvalue weighted by Crippen LogP contribution is -2.29. The largest absolute Gasteiger partial charge is 0.480 e. The fraction of sp³-hybridized carbons (Fsp3) is 0.833. The number of hydrogen-bond donors (Lipinski definition) is 3. The van der Waals surface area contributed by atoms with Gasteiger partial charge in [0.2, 0.25) is 6.08 Å². The van der Waals surface area contributed by atoms with E-state index in [0.29, 0.717) is 19.5 Å². The van der Waals surface area contributed by atoms with Gasteiger partial charge in [-0.15, -0.1) is 0 Å². The van der Waals surface area contributed by atoms with Gasteiger partial charge in [-0.3, -0.25) is 4.79 Å². The lowest BCUT2D eigenvalue weighted by molar-refractivity contribution is -0.138. The van der Waals surface area contributed by atoms with Gasteiger partial charge >= 0.3 is 5.97 Å². The fourth-order valence-corrected chi connectivity index (χ4v) is 1.12. The third kappa shape index (κ3) is 17.2. The highest BCUT2D eigenvalue weighted by Gasteiger charge is 2.09. The van der Waals surface area contributed by atoms with Crippen LogP contribution in [-0.4, -0.2) is 36.3 Å². The van der Waals surface area contributed by atoms with Crippen LogP contribution in [0.3, 0.4) is 0 Å². The first-order valence-corrected chi connectivity index (χ1v) is 6.32. The summed E-state index contributed by atoms with van der Waals surface area (Å²) in [6.45, 7) is 3.37. The molecule has 0 spiro atoms. The first-order valence-electron chi connectivity index (χ1n) is 6.32. The van der Waals surface area contributed by atoms with E-state index in [-0.39, 0.29) is 0 Å². The molecule has 0 aromatic heterocycles. The summed E-state index contributed by atoms with van der Waals surface area (Å²) in [5.41, 5.74) is 10.4. The molecule has 0 saturated carbocycles. The number of unbranched alkanes of at least 4 members (excludes halogenated alkanes) is 3. The van der Waals surface area contributed by atoms with Crippen LogP contribution in [0.2, 0.25) is 0 Å². The van der Waals surface area contributed by atoms with Gasteiger partial charge in [-0.1, -0.05) is 26.2 Å². The van der Waals surface area contributed by atoms with Gasteiger partial charge in [-0.2, -0.15) is 0 Å². The van der Waals surface area contributed by atoms with Gasteiger partial charge in [0.15, 0.2) is 0 Å². The van der Waals surface area contributed by atoms with Crippen LogP contribution in [0, 0.1) is 0 Å². The van der Waals surface area contributed by atoms with Gasteiger partial charge in [0, 0.05) is 0 Å². The summed E-state index contributed by atoms with van der Waals surface area (Å²) in [4.78, 5) is 23.0. The van der Waals surface area contributed by atoms with Crippen LogP contribution in [0.1, 0.15) is 45.4 Å². The maximum Gasteiger partial charge on any atom is 0.320 e. The molecule has 0 aromatic rings. The van der Waals surface area contributed by atoms with E-state index in [9.17, 15) is 9.59 Å². The SMILES string of the molecule is CCCCCN=C=O.NCCCC[C@H](N)C(=O)O. The Labute approximate surface area is 108 Å². The Morgan fingerprint density at radius 2 is 2.00 bits per heavy atom. The van der Waals surface area contributed by atoms with Crippen molar-refractivity contribution in [3.8, 4) is 0 Å². The van der Waals surface area contributed by atoms with Crippen LogP contribution in [0.15, 0.2) is 4.99 Å². The molecule has 0 rings (SSSR count). The number of isocyanates is 1. The molecule has 106 valence electrons. The average molecular weight is 259 g/mol. The van der Waals surface area contributed by atoms with Crippen molar-refractivity contribution in [3.05, 3.63) is 0 Å². The quantitative estimate of drug-likeness (QED) is 0.325. The summed E-state index contributed by atoms with van der Waals surface area (Å²) in [6.07, 6.45) is 7.02. The Balaban J connectivity index is 0. The summed E-state index contributed by atoms with van der Waals surface area (Å²) in [6, 6.07) is -0.716. The van der Waals surface area contributed by atoms with E-state index >= 15 is 0 Å². The maximum absolute atomic E-state index is 10.1. The molecule has 0 fully saturated rings. The smallest absolute Gasteiger partial charge is 0.320 e. The van der Waals surface area contributed by atoms with Gasteiger partial charge in [0.1, 0.15) is 6.04 Å². The predicted molar refractivity (Wildman–Crippen MR) is 71.0 cm³/mol. The molecule has 0 unspecified atom stereocenters. The lowest BCUT2D eigenvalue weighted by atomic mass is 10.1. The highest BCUT2D eigenvalue weighted by atomic mass is 16.4. The number of carbonyl (C=O) groups excluding carboxylic acids is 1. The van der Waals surface area contributed by atoms with Crippen LogP contribution in [0.4, 0.5) is 0 Å². The number of aliphatic imine (C=N–C) groups is 1. The van der Waals surface area contributed by atoms with E-state index < -0.39 is 12.0 Å². The Morgan fingerprint density at radius 1 is 1.33 bits per heavy atom. The Morgan fingerprint density at radius 3 is 2.44 bits per heavy atom. The normalized spacial score (nSPS) is 10.8. The monoisotopic (exact) mass is 259 g/mol. The molecule has 0 aromatic carbocycles. The second-order valence-electron chi connectivity index (χ2n) is 3.91. The molecule has 0 saturated heterocycles. The summed E-state index contributed by atoms with van der Waals surface area (Å²) < 4.78 is 0. The number of aliphatic carboxylic acids is 1. The van der Waals surface area contributed by atoms with Crippen LogP contribution in [0.5, 0.6) is 0 Å². The predicted octanol–water partition coefficient (Wildman–Crippen LogP) is 1.04. The van der Waals surface area contributed by atoms with Crippen molar-refractivity contribution in [3.63, 3.8) is 0 Å². The number of rotatable bonds is 9. The number of nitrogens with two attached hydrogens (primary N) is 2. The molecule has 0 bridgehead atoms. The number of carboxylic acids is 1. The maximum atomic E-state index is 10.1. The van der Waals surface area contributed by atoms with Crippen molar-refractivity contribution in [2.24, 2.45) is 16.5 Å². The molecule has 0 amide bonds. The summed E-state index contributed by atoms with van der Waals surface area (Å²) in [5, 5.41) is 8.33. The second kappa shape index (κ2) is 15.8. The summed E-state index contributed by atoms with van der Waals surface area (Å²) in [5.74, 6) is -0.933. The molecule has 0 radical (unpaired) electrons. The Bertz CT molecular complexity index is 241. The average Bonchev–Trinajstić information content (AvgIpc) is 2.35. The van der Waals surface area contributed by atoms with Crippen LogP contribution < -0.4 is 11.5 Å². The first kappa shape index (κ1) is 19.1. The van der Waals surface area contributed by atoms with Crippen molar-refractivity contribution in [1.29, 1.82) is 0 Å². The van der Waals surface area contributed by atoms with E-state index in [1.807, 2.05) is 0 Å². The van der Waals surface area contributed by atoms with Crippen molar-refractivity contribution in [1.82, 2.24) is 0 Å². The summed E-state index contributed by atoms with van der Waals surface area (Å²) in [7, 11) is 0. The molecule has 0 aliphatic carbocycles. The second-order valence-corrected chi connectivity index (χ2v) is 3.91. The third-order valence-corrected chi connectivity index (χ3v) is 2.22. The Hall–Kier alpha value is -1.23. The van der Waals surface area contributed by atoms with Crippen molar-refractivity contribution >= 4 is 12.0 Å². The van der Waals surface area contributed by atoms with Gasteiger partial charge in [0.25, 0.3) is 0 Å². The molecular formula is C12H25N3O3. The third-order valence-electron chi connectivity index (χ3n) is 2.22. The standard InChI is InChI=1S/C6H14N2O2.C6H11NO/c7-4-2-1-3-5(8)6(9)10;1-2-3-4-5-7-6-8/h5H,1-4,7-8H2,(H,9,10);2-5H2,1H3/t5-;/m0./s1. The Kier molecular flexibility index (Phi) is 16.7. The molecule has 6 nitrogen and oxygen atoms in total. The van der Waals surface area contributed by atoms with Crippen molar-refractivity contribution < 1.29 is 14.7 Å². The zero-order valence-electron chi connectivity index (χ0n) is 11.1. The number of carboxylic acid groups (broad SMARTS) is 1. The number of carbonyl (C=O) groups is 1. The topological polar surface area (TPSA) is 119 Å². The zero-order valence-corrected chi connectivity index (χ0v) is 11.1. The minimum absolute atomic E-state index is 0.520. The van der Waals surface area contributed by atoms with Crippen molar-refractivity contribution in [2.75, 3.05) is 13.1 Å². The lowest BCUT2D eigenvalue weighted by Gasteiger charge is -2.03. The zero-order chi connectivity index (χ0) is 14.2. The van der Waals surface area contributed by atoms with Gasteiger partial charge in [-0.05, 0) is 25.8 Å². The number of hydrogen-bond acceptors (Lipinski definition) is 5. The van der Waals surface area contributed by atoms with Crippen molar-refractivity contribution in [2.45, 2.75) is 51.5 Å². The minimum atomic E-state index is -0.933. The van der Waals surface area contributed by atoms with E-state index in [1.54, 1.807) is 0 Å². The summed E-state index contributed by atoms with van der Waals surface area (Å²) >= 11 is 0. The van der Waals surface area contributed by atoms with E-state index in [2.05, 4.69) is 11.9 Å². The van der Waals surface area contributed by atoms with Gasteiger partial charge in [-0.25, -0.2) is 9.79 Å². The van der Waals surface area contributed by atoms with Gasteiger partial charge < -0.3 is 16.6 Å². The van der Waals surface area contributed by atoms with Crippen LogP contribution in [0.25, 0.3) is 0 Å². The molecule has 5 N–H and O–H groups in total. The molecule has 0 aliphatic rings. The molecule has 18 heavy (non-hydrogen) atoms. The number of nitrogens with zero attached hydrogens (tertiary/aromatic N) is 1. The molecular weight excluding hydrogens is 234 g/mol. The van der Waals surface area contributed by atoms with E-state index in [4.69, 9.17) is 16.6 Å². The van der Waals surface area contributed by atoms with Crippen LogP contribution >= 0.6 is 0 Å². The molecule has 0 heterocycles. The molecule has 1 atom stereocenters. The molecule has 0 aliphatic heterocycles. The van der Waals surface area contributed by atoms with E-state index in [1.165, 1.54) is 12.5 Å². The van der Waals surface area contributed by atoms with Gasteiger partial charge in [0.05, 0.1) is 6.54 Å². The first-order chi connectivity index (χ1) is 8.59. The van der Waals surface area contributed by atoms with E-state index in [0.717, 1.165) is 25.7 Å².